The molecular formula is C39H41ClN2O4. The molecular weight excluding hydrogens is 596 g/mol. The van der Waals surface area contributed by atoms with E-state index in [9.17, 15) is 14.4 Å². The Morgan fingerprint density at radius 2 is 1.39 bits per heavy atom. The third kappa shape index (κ3) is 6.28. The number of benzene rings is 3. The van der Waals surface area contributed by atoms with Crippen LogP contribution in [0.25, 0.3) is 0 Å². The van der Waals surface area contributed by atoms with Crippen LogP contribution in [-0.2, 0) is 14.4 Å². The lowest BCUT2D eigenvalue weighted by molar-refractivity contribution is -0.120. The maximum Gasteiger partial charge on any atom is 0.262 e. The summed E-state index contributed by atoms with van der Waals surface area (Å²) in [6, 6.07) is 24.8. The van der Waals surface area contributed by atoms with Crippen molar-refractivity contribution in [1.29, 1.82) is 0 Å². The van der Waals surface area contributed by atoms with Crippen LogP contribution in [0, 0.1) is 10.8 Å². The molecule has 0 spiro atoms. The first kappa shape index (κ1) is 31.8. The number of hydrogen-bond donors (Lipinski definition) is 1. The first-order valence-corrected chi connectivity index (χ1v) is 16.4. The average Bonchev–Trinajstić information content (AvgIpc) is 2.99. The normalized spacial score (nSPS) is 19.8. The van der Waals surface area contributed by atoms with E-state index in [4.69, 9.17) is 16.3 Å². The van der Waals surface area contributed by atoms with Crippen molar-refractivity contribution in [3.63, 3.8) is 0 Å². The number of amides is 1. The summed E-state index contributed by atoms with van der Waals surface area (Å²) in [6.45, 7) is 10.5. The van der Waals surface area contributed by atoms with Crippen molar-refractivity contribution in [2.24, 2.45) is 10.8 Å². The number of nitrogens with one attached hydrogen (secondary N) is 1. The summed E-state index contributed by atoms with van der Waals surface area (Å²) in [5.41, 5.74) is 5.53. The fraction of sp³-hybridized carbons (Fsp3) is 0.359. The van der Waals surface area contributed by atoms with E-state index in [0.717, 1.165) is 35.4 Å². The number of ketones is 2. The summed E-state index contributed by atoms with van der Waals surface area (Å²) in [4.78, 5) is 43.2. The van der Waals surface area contributed by atoms with Crippen LogP contribution >= 0.6 is 11.6 Å². The van der Waals surface area contributed by atoms with E-state index in [-0.39, 0.29) is 41.0 Å². The van der Waals surface area contributed by atoms with Crippen molar-refractivity contribution in [3.8, 4) is 5.75 Å². The maximum atomic E-state index is 14.2. The monoisotopic (exact) mass is 636 g/mol. The smallest absolute Gasteiger partial charge is 0.262 e. The van der Waals surface area contributed by atoms with Crippen LogP contribution in [0.2, 0.25) is 5.02 Å². The second kappa shape index (κ2) is 12.2. The van der Waals surface area contributed by atoms with Gasteiger partial charge in [0.2, 0.25) is 0 Å². The third-order valence-electron chi connectivity index (χ3n) is 9.33. The molecule has 7 heteroatoms. The average molecular weight is 637 g/mol. The Balaban J connectivity index is 1.41. The molecule has 3 aliphatic rings. The molecule has 0 saturated heterocycles. The largest absolute Gasteiger partial charge is 0.482 e. The highest BCUT2D eigenvalue weighted by Crippen LogP contribution is 2.56. The van der Waals surface area contributed by atoms with E-state index in [1.165, 1.54) is 0 Å². The molecule has 6 rings (SSSR count). The van der Waals surface area contributed by atoms with Gasteiger partial charge in [-0.15, -0.1) is 0 Å². The van der Waals surface area contributed by atoms with E-state index in [1.54, 1.807) is 24.3 Å². The van der Waals surface area contributed by atoms with Gasteiger partial charge in [0, 0.05) is 47.0 Å². The number of rotatable bonds is 7. The van der Waals surface area contributed by atoms with Gasteiger partial charge in [0.25, 0.3) is 5.91 Å². The van der Waals surface area contributed by atoms with E-state index in [2.05, 4.69) is 57.0 Å². The van der Waals surface area contributed by atoms with Crippen LogP contribution in [0.15, 0.2) is 101 Å². The highest BCUT2D eigenvalue weighted by atomic mass is 35.5. The van der Waals surface area contributed by atoms with Crippen LogP contribution in [0.3, 0.4) is 0 Å². The topological polar surface area (TPSA) is 75.7 Å². The van der Waals surface area contributed by atoms with Crippen molar-refractivity contribution in [2.75, 3.05) is 11.9 Å². The van der Waals surface area contributed by atoms with Gasteiger partial charge in [-0.2, -0.15) is 0 Å². The number of halogens is 1. The summed E-state index contributed by atoms with van der Waals surface area (Å²) in [5, 5.41) is 3.13. The number of anilines is 1. The number of Topliss-reactive ketones (excluding diaryl/α,β-unsaturated/α-hetero) is 2. The molecule has 238 valence electrons. The zero-order valence-electron chi connectivity index (χ0n) is 27.2. The fourth-order valence-corrected chi connectivity index (χ4v) is 7.60. The van der Waals surface area contributed by atoms with E-state index >= 15 is 0 Å². The molecule has 1 amide bonds. The van der Waals surface area contributed by atoms with Gasteiger partial charge in [0.15, 0.2) is 18.2 Å². The Bertz CT molecular complexity index is 1700. The van der Waals surface area contributed by atoms with Crippen LogP contribution in [0.4, 0.5) is 5.69 Å². The SMILES string of the molecule is C[C@@H](c1ccccc1)N1C2=C(C(=O)CC(C)(C)C2)C(c2ccc(OCC(=O)Nc3ccccc3)c(Cl)c2)C2=C1CC(C)(C)CC2=O. The van der Waals surface area contributed by atoms with Crippen molar-refractivity contribution < 1.29 is 19.1 Å². The standard InChI is InChI=1S/C39H41ClN2O4/c1-24(25-12-8-6-9-13-25)42-29-19-38(2,3)21-31(43)36(29)35(37-30(42)20-39(4,5)22-32(37)44)26-16-17-33(28(40)18-26)46-23-34(45)41-27-14-10-7-11-15-27/h6-18,24,35H,19-23H2,1-5H3,(H,41,45)/t24-/m0/s1. The van der Waals surface area contributed by atoms with E-state index in [1.807, 2.05) is 42.5 Å². The van der Waals surface area contributed by atoms with E-state index in [0.29, 0.717) is 40.4 Å². The molecule has 0 unspecified atom stereocenters. The highest BCUT2D eigenvalue weighted by Gasteiger charge is 2.50. The lowest BCUT2D eigenvalue weighted by Crippen LogP contribution is -2.45. The predicted molar refractivity (Wildman–Crippen MR) is 182 cm³/mol. The molecule has 3 aromatic carbocycles. The number of ether oxygens (including phenoxy) is 1. The first-order chi connectivity index (χ1) is 21.8. The Morgan fingerprint density at radius 3 is 1.93 bits per heavy atom. The van der Waals surface area contributed by atoms with Crippen LogP contribution < -0.4 is 10.1 Å². The van der Waals surface area contributed by atoms with Gasteiger partial charge in [-0.3, -0.25) is 14.4 Å². The zero-order chi connectivity index (χ0) is 32.8. The Hall–Kier alpha value is -4.16. The van der Waals surface area contributed by atoms with Gasteiger partial charge in [-0.1, -0.05) is 93.9 Å². The minimum Gasteiger partial charge on any atom is -0.482 e. The summed E-state index contributed by atoms with van der Waals surface area (Å²) in [5.74, 6) is -0.329. The molecule has 6 nitrogen and oxygen atoms in total. The lowest BCUT2D eigenvalue weighted by atomic mass is 9.63. The number of carbonyl (C=O) groups is 3. The minimum atomic E-state index is -0.524. The summed E-state index contributed by atoms with van der Waals surface area (Å²) in [6.07, 6.45) is 2.25. The molecule has 46 heavy (non-hydrogen) atoms. The minimum absolute atomic E-state index is 0.0676. The number of allylic oxidation sites excluding steroid dienone is 4. The van der Waals surface area contributed by atoms with Crippen LogP contribution in [0.1, 0.15) is 83.4 Å². The molecule has 0 aromatic heterocycles. The molecule has 0 bridgehead atoms. The quantitative estimate of drug-likeness (QED) is 0.280. The van der Waals surface area contributed by atoms with Crippen molar-refractivity contribution >= 4 is 34.8 Å². The van der Waals surface area contributed by atoms with Crippen molar-refractivity contribution in [2.45, 2.75) is 72.3 Å². The summed E-state index contributed by atoms with van der Waals surface area (Å²) in [7, 11) is 0. The first-order valence-electron chi connectivity index (χ1n) is 16.0. The molecule has 1 atom stereocenters. The highest BCUT2D eigenvalue weighted by molar-refractivity contribution is 6.32. The van der Waals surface area contributed by atoms with Gasteiger partial charge >= 0.3 is 0 Å². The molecule has 1 aliphatic heterocycles. The van der Waals surface area contributed by atoms with Gasteiger partial charge in [-0.05, 0) is 66.0 Å². The molecule has 3 aromatic rings. The van der Waals surface area contributed by atoms with Crippen LogP contribution in [-0.4, -0.2) is 29.0 Å². The summed E-state index contributed by atoms with van der Waals surface area (Å²) < 4.78 is 5.81. The summed E-state index contributed by atoms with van der Waals surface area (Å²) >= 11 is 6.80. The predicted octanol–water partition coefficient (Wildman–Crippen LogP) is 8.80. The number of carbonyl (C=O) groups excluding carboxylic acids is 3. The number of para-hydroxylation sites is 1. The second-order valence-electron chi connectivity index (χ2n) is 14.4. The van der Waals surface area contributed by atoms with Gasteiger partial charge < -0.3 is 15.0 Å². The molecule has 1 N–H and O–H groups in total. The van der Waals surface area contributed by atoms with Crippen molar-refractivity contribution in [3.05, 3.63) is 118 Å². The maximum absolute atomic E-state index is 14.2. The number of hydrogen-bond acceptors (Lipinski definition) is 5. The van der Waals surface area contributed by atoms with Gasteiger partial charge in [0.1, 0.15) is 5.75 Å². The molecule has 1 heterocycles. The Labute approximate surface area is 276 Å². The lowest BCUT2D eigenvalue weighted by Gasteiger charge is -2.51. The van der Waals surface area contributed by atoms with Gasteiger partial charge in [0.05, 0.1) is 11.1 Å². The number of nitrogens with zero attached hydrogens (tertiary/aromatic N) is 1. The Morgan fingerprint density at radius 1 is 0.848 bits per heavy atom. The molecule has 0 radical (unpaired) electrons. The van der Waals surface area contributed by atoms with Gasteiger partial charge in [-0.25, -0.2) is 0 Å². The fourth-order valence-electron chi connectivity index (χ4n) is 7.35. The van der Waals surface area contributed by atoms with Crippen molar-refractivity contribution in [1.82, 2.24) is 4.90 Å². The van der Waals surface area contributed by atoms with Crippen LogP contribution in [0.5, 0.6) is 5.75 Å². The Kier molecular flexibility index (Phi) is 8.45. The molecule has 0 saturated carbocycles. The molecule has 0 fully saturated rings. The second-order valence-corrected chi connectivity index (χ2v) is 14.8. The zero-order valence-corrected chi connectivity index (χ0v) is 27.9. The molecule has 2 aliphatic carbocycles. The third-order valence-corrected chi connectivity index (χ3v) is 9.62. The van der Waals surface area contributed by atoms with E-state index < -0.39 is 5.92 Å².